The minimum Gasteiger partial charge on any atom is -0.478 e. The Morgan fingerprint density at radius 3 is 2.70 bits per heavy atom. The number of halogens is 1. The van der Waals surface area contributed by atoms with E-state index in [1.807, 2.05) is 6.07 Å². The number of aromatic nitrogens is 1. The van der Waals surface area contributed by atoms with Gasteiger partial charge in [-0.05, 0) is 35.0 Å². The molecule has 0 atom stereocenters. The van der Waals surface area contributed by atoms with Gasteiger partial charge in [-0.15, -0.1) is 0 Å². The number of pyridine rings is 1. The van der Waals surface area contributed by atoms with Crippen molar-refractivity contribution in [1.82, 2.24) is 4.98 Å². The molecule has 1 aromatic heterocycles. The molecule has 1 heterocycles. The molecule has 0 saturated carbocycles. The largest absolute Gasteiger partial charge is 0.478 e. The highest BCUT2D eigenvalue weighted by molar-refractivity contribution is 6.00. The Morgan fingerprint density at radius 2 is 1.95 bits per heavy atom. The Labute approximate surface area is 114 Å². The molecule has 0 radical (unpaired) electrons. The van der Waals surface area contributed by atoms with Crippen molar-refractivity contribution in [2.75, 3.05) is 0 Å². The van der Waals surface area contributed by atoms with Crippen LogP contribution in [0.15, 0.2) is 54.7 Å². The van der Waals surface area contributed by atoms with Gasteiger partial charge in [0.05, 0.1) is 5.56 Å². The Bertz CT molecular complexity index is 814. The summed E-state index contributed by atoms with van der Waals surface area (Å²) in [6.45, 7) is 0. The zero-order valence-electron chi connectivity index (χ0n) is 10.4. The van der Waals surface area contributed by atoms with Crippen molar-refractivity contribution in [3.63, 3.8) is 0 Å². The van der Waals surface area contributed by atoms with Crippen LogP contribution in [0.1, 0.15) is 10.4 Å². The number of benzene rings is 2. The molecular weight excluding hydrogens is 257 g/mol. The van der Waals surface area contributed by atoms with Gasteiger partial charge in [-0.1, -0.05) is 24.3 Å². The molecule has 98 valence electrons. The summed E-state index contributed by atoms with van der Waals surface area (Å²) in [6, 6.07) is 13.0. The lowest BCUT2D eigenvalue weighted by Crippen LogP contribution is -1.96. The first kappa shape index (κ1) is 12.3. The highest BCUT2D eigenvalue weighted by Gasteiger charge is 2.11. The van der Waals surface area contributed by atoms with Gasteiger partial charge in [-0.2, -0.15) is 0 Å². The van der Waals surface area contributed by atoms with E-state index in [-0.39, 0.29) is 11.3 Å². The number of rotatable bonds is 2. The van der Waals surface area contributed by atoms with Gasteiger partial charge in [0, 0.05) is 11.8 Å². The molecule has 0 aliphatic heterocycles. The second-order valence-corrected chi connectivity index (χ2v) is 4.38. The first-order valence-corrected chi connectivity index (χ1v) is 6.04. The summed E-state index contributed by atoms with van der Waals surface area (Å²) in [5.74, 6) is -1.44. The van der Waals surface area contributed by atoms with Crippen molar-refractivity contribution in [2.45, 2.75) is 0 Å². The lowest BCUT2D eigenvalue weighted by Gasteiger charge is -2.07. The van der Waals surface area contributed by atoms with Gasteiger partial charge in [0.2, 0.25) is 0 Å². The summed E-state index contributed by atoms with van der Waals surface area (Å²) >= 11 is 0. The van der Waals surface area contributed by atoms with Crippen molar-refractivity contribution in [3.05, 3.63) is 66.1 Å². The van der Waals surface area contributed by atoms with Crippen LogP contribution in [-0.2, 0) is 0 Å². The standard InChI is InChI=1S/C16H10FNO2/c17-14-5-2-8-18-15(14)12-4-1-3-10-6-7-11(16(19)20)9-13(10)12/h1-9H,(H,19,20). The summed E-state index contributed by atoms with van der Waals surface area (Å²) in [4.78, 5) is 15.1. The number of fused-ring (bicyclic) bond motifs is 1. The van der Waals surface area contributed by atoms with Crippen LogP contribution in [0.25, 0.3) is 22.0 Å². The van der Waals surface area contributed by atoms with Gasteiger partial charge >= 0.3 is 5.97 Å². The van der Waals surface area contributed by atoms with Crippen LogP contribution in [-0.4, -0.2) is 16.1 Å². The van der Waals surface area contributed by atoms with E-state index in [4.69, 9.17) is 5.11 Å². The van der Waals surface area contributed by atoms with Crippen LogP contribution >= 0.6 is 0 Å². The minimum atomic E-state index is -1.01. The van der Waals surface area contributed by atoms with Gasteiger partial charge < -0.3 is 5.11 Å². The van der Waals surface area contributed by atoms with Crippen molar-refractivity contribution in [2.24, 2.45) is 0 Å². The molecule has 20 heavy (non-hydrogen) atoms. The average molecular weight is 267 g/mol. The molecule has 0 unspecified atom stereocenters. The molecule has 0 aliphatic carbocycles. The van der Waals surface area contributed by atoms with Gasteiger partial charge in [-0.25, -0.2) is 9.18 Å². The van der Waals surface area contributed by atoms with Crippen LogP contribution in [0.2, 0.25) is 0 Å². The fourth-order valence-corrected chi connectivity index (χ4v) is 2.20. The maximum absolute atomic E-state index is 13.9. The summed E-state index contributed by atoms with van der Waals surface area (Å²) in [5, 5.41) is 10.6. The van der Waals surface area contributed by atoms with Crippen LogP contribution in [0, 0.1) is 5.82 Å². The zero-order chi connectivity index (χ0) is 14.1. The van der Waals surface area contributed by atoms with Crippen molar-refractivity contribution >= 4 is 16.7 Å². The van der Waals surface area contributed by atoms with Crippen LogP contribution in [0.5, 0.6) is 0 Å². The van der Waals surface area contributed by atoms with E-state index < -0.39 is 11.8 Å². The smallest absolute Gasteiger partial charge is 0.335 e. The number of nitrogens with zero attached hydrogens (tertiary/aromatic N) is 1. The number of hydrogen-bond donors (Lipinski definition) is 1. The van der Waals surface area contributed by atoms with Crippen molar-refractivity contribution in [1.29, 1.82) is 0 Å². The molecule has 0 aliphatic rings. The molecule has 0 bridgehead atoms. The number of carbonyl (C=O) groups is 1. The second-order valence-electron chi connectivity index (χ2n) is 4.38. The average Bonchev–Trinajstić information content (AvgIpc) is 2.46. The third-order valence-corrected chi connectivity index (χ3v) is 3.14. The number of carboxylic acids is 1. The molecule has 0 saturated heterocycles. The molecule has 3 aromatic rings. The fraction of sp³-hybridized carbons (Fsp3) is 0. The predicted octanol–water partition coefficient (Wildman–Crippen LogP) is 3.74. The molecule has 0 spiro atoms. The molecular formula is C16H10FNO2. The predicted molar refractivity (Wildman–Crippen MR) is 74.1 cm³/mol. The van der Waals surface area contributed by atoms with E-state index in [0.29, 0.717) is 10.9 Å². The number of carboxylic acid groups (broad SMARTS) is 1. The van der Waals surface area contributed by atoms with Gasteiger partial charge in [0.15, 0.2) is 0 Å². The van der Waals surface area contributed by atoms with Crippen molar-refractivity contribution < 1.29 is 14.3 Å². The Morgan fingerprint density at radius 1 is 1.10 bits per heavy atom. The third-order valence-electron chi connectivity index (χ3n) is 3.14. The topological polar surface area (TPSA) is 50.2 Å². The maximum atomic E-state index is 13.9. The normalized spacial score (nSPS) is 10.7. The van der Waals surface area contributed by atoms with Gasteiger partial charge in [0.1, 0.15) is 11.5 Å². The lowest BCUT2D eigenvalue weighted by molar-refractivity contribution is 0.0697. The Kier molecular flexibility index (Phi) is 2.91. The first-order chi connectivity index (χ1) is 9.66. The van der Waals surface area contributed by atoms with Gasteiger partial charge in [0.25, 0.3) is 0 Å². The van der Waals surface area contributed by atoms with Crippen LogP contribution in [0.3, 0.4) is 0 Å². The van der Waals surface area contributed by atoms with E-state index in [1.165, 1.54) is 24.4 Å². The Hall–Kier alpha value is -2.75. The SMILES string of the molecule is O=C(O)c1ccc2cccc(-c3ncccc3F)c2c1. The van der Waals surface area contributed by atoms with E-state index >= 15 is 0 Å². The van der Waals surface area contributed by atoms with E-state index in [9.17, 15) is 9.18 Å². The maximum Gasteiger partial charge on any atom is 0.335 e. The quantitative estimate of drug-likeness (QED) is 0.769. The molecule has 3 nitrogen and oxygen atoms in total. The molecule has 3 rings (SSSR count). The monoisotopic (exact) mass is 267 g/mol. The fourth-order valence-electron chi connectivity index (χ4n) is 2.20. The van der Waals surface area contributed by atoms with E-state index in [0.717, 1.165) is 5.39 Å². The number of hydrogen-bond acceptors (Lipinski definition) is 2. The van der Waals surface area contributed by atoms with Crippen molar-refractivity contribution in [3.8, 4) is 11.3 Å². The molecule has 0 fully saturated rings. The summed E-state index contributed by atoms with van der Waals surface area (Å²) in [6.07, 6.45) is 1.51. The lowest BCUT2D eigenvalue weighted by atomic mass is 9.99. The van der Waals surface area contributed by atoms with Gasteiger partial charge in [-0.3, -0.25) is 4.98 Å². The molecule has 1 N–H and O–H groups in total. The molecule has 4 heteroatoms. The van der Waals surface area contributed by atoms with Crippen LogP contribution in [0.4, 0.5) is 4.39 Å². The first-order valence-electron chi connectivity index (χ1n) is 6.04. The minimum absolute atomic E-state index is 0.168. The summed E-state index contributed by atoms with van der Waals surface area (Å²) in [5.41, 5.74) is 0.977. The summed E-state index contributed by atoms with van der Waals surface area (Å²) < 4.78 is 13.9. The molecule has 0 amide bonds. The van der Waals surface area contributed by atoms with Crippen LogP contribution < -0.4 is 0 Å². The van der Waals surface area contributed by atoms with E-state index in [2.05, 4.69) is 4.98 Å². The third kappa shape index (κ3) is 2.01. The highest BCUT2D eigenvalue weighted by Crippen LogP contribution is 2.29. The van der Waals surface area contributed by atoms with E-state index in [1.54, 1.807) is 24.3 Å². The Balaban J connectivity index is 2.33. The number of aromatic carboxylic acids is 1. The zero-order valence-corrected chi connectivity index (χ0v) is 10.4. The second kappa shape index (κ2) is 4.74. The molecule has 2 aromatic carbocycles. The highest BCUT2D eigenvalue weighted by atomic mass is 19.1. The summed E-state index contributed by atoms with van der Waals surface area (Å²) in [7, 11) is 0.